The largest absolute Gasteiger partial charge is 0.352 e. The Morgan fingerprint density at radius 1 is 0.833 bits per heavy atom. The minimum atomic E-state index is -1.59. The first kappa shape index (κ1) is 26.3. The second kappa shape index (κ2) is 9.73. The number of ketones is 3. The summed E-state index contributed by atoms with van der Waals surface area (Å²) in [6.45, 7) is 4.30. The van der Waals surface area contributed by atoms with Gasteiger partial charge in [-0.2, -0.15) is 0 Å². The van der Waals surface area contributed by atoms with Gasteiger partial charge >= 0.3 is 0 Å². The first-order chi connectivity index (χ1) is 20.3. The van der Waals surface area contributed by atoms with Gasteiger partial charge in [-0.05, 0) is 47.2 Å². The number of carbonyl (C=O) groups is 3. The van der Waals surface area contributed by atoms with E-state index in [1.54, 1.807) is 36.4 Å². The number of anilines is 1. The van der Waals surface area contributed by atoms with E-state index in [0.29, 0.717) is 28.2 Å². The Morgan fingerprint density at radius 3 is 2.10 bits per heavy atom. The van der Waals surface area contributed by atoms with Crippen LogP contribution in [0.4, 0.5) is 10.1 Å². The lowest BCUT2D eigenvalue weighted by Crippen LogP contribution is -2.48. The van der Waals surface area contributed by atoms with Crippen LogP contribution in [0.1, 0.15) is 67.5 Å². The van der Waals surface area contributed by atoms with E-state index in [1.165, 1.54) is 12.1 Å². The maximum absolute atomic E-state index is 14.8. The summed E-state index contributed by atoms with van der Waals surface area (Å²) < 4.78 is 14.2. The molecule has 0 amide bonds. The van der Waals surface area contributed by atoms with Crippen molar-refractivity contribution in [2.75, 3.05) is 4.90 Å². The third-order valence-electron chi connectivity index (χ3n) is 9.09. The number of benzene rings is 4. The summed E-state index contributed by atoms with van der Waals surface area (Å²) in [7, 11) is 0. The van der Waals surface area contributed by atoms with Gasteiger partial charge < -0.3 is 4.90 Å². The van der Waals surface area contributed by atoms with Crippen LogP contribution in [0.3, 0.4) is 0 Å². The molecule has 2 heterocycles. The topological polar surface area (TPSA) is 54.5 Å². The minimum Gasteiger partial charge on any atom is -0.352 e. The molecule has 0 N–H and O–H groups in total. The smallest absolute Gasteiger partial charge is 0.185 e. The molecule has 1 saturated heterocycles. The number of Topliss-reactive ketones (excluding diaryl/α,β-unsaturated/α-hetero) is 3. The van der Waals surface area contributed by atoms with Crippen LogP contribution < -0.4 is 4.90 Å². The molecule has 208 valence electrons. The van der Waals surface area contributed by atoms with Gasteiger partial charge in [0.2, 0.25) is 0 Å². The van der Waals surface area contributed by atoms with Crippen molar-refractivity contribution in [1.29, 1.82) is 0 Å². The van der Waals surface area contributed by atoms with Gasteiger partial charge in [-0.1, -0.05) is 105 Å². The molecular formula is C37H30FNO3. The highest BCUT2D eigenvalue weighted by molar-refractivity contribution is 6.32. The molecule has 1 spiro atoms. The SMILES string of the molecule is CC(C)Cc1ccc(C(=O)[C@@H]2[C@H](c3ccc(F)cc3)C3(C(=O)c4ccccc4C3=O)[C@H]3C=Cc4ccccc4N23)cc1. The molecule has 0 bridgehead atoms. The molecule has 3 aliphatic rings. The monoisotopic (exact) mass is 555 g/mol. The van der Waals surface area contributed by atoms with E-state index in [4.69, 9.17) is 0 Å². The van der Waals surface area contributed by atoms with Crippen molar-refractivity contribution >= 4 is 29.1 Å². The second-order valence-corrected chi connectivity index (χ2v) is 12.0. The summed E-state index contributed by atoms with van der Waals surface area (Å²) >= 11 is 0. The van der Waals surface area contributed by atoms with Crippen molar-refractivity contribution in [3.8, 4) is 0 Å². The molecule has 4 aromatic carbocycles. The number of nitrogens with zero attached hydrogens (tertiary/aromatic N) is 1. The van der Waals surface area contributed by atoms with Gasteiger partial charge in [0.15, 0.2) is 17.3 Å². The van der Waals surface area contributed by atoms with Gasteiger partial charge in [-0.15, -0.1) is 0 Å². The molecule has 7 rings (SSSR count). The van der Waals surface area contributed by atoms with Crippen molar-refractivity contribution in [2.45, 2.75) is 38.3 Å². The lowest BCUT2D eigenvalue weighted by Gasteiger charge is -2.37. The van der Waals surface area contributed by atoms with Gasteiger partial charge in [-0.3, -0.25) is 14.4 Å². The third kappa shape index (κ3) is 3.69. The standard InChI is InChI=1S/C37H30FNO3/c1-22(2)21-23-11-13-26(14-12-23)34(40)33-32(25-15-18-27(38)19-16-25)37(35(41)28-8-4-5-9-29(28)36(37)42)31-20-17-24-7-3-6-10-30(24)39(31)33/h3-20,22,31-33H,21H2,1-2H3/t31-,32+,33+/m1/s1. The van der Waals surface area contributed by atoms with E-state index in [9.17, 15) is 18.8 Å². The van der Waals surface area contributed by atoms with Crippen molar-refractivity contribution in [2.24, 2.45) is 11.3 Å². The molecule has 0 aromatic heterocycles. The minimum absolute atomic E-state index is 0.177. The summed E-state index contributed by atoms with van der Waals surface area (Å²) in [5, 5.41) is 0. The van der Waals surface area contributed by atoms with Gasteiger partial charge in [0, 0.05) is 28.3 Å². The Bertz CT molecular complexity index is 1730. The molecule has 3 atom stereocenters. The number of hydrogen-bond donors (Lipinski definition) is 0. The Morgan fingerprint density at radius 2 is 1.45 bits per heavy atom. The normalized spacial score (nSPS) is 21.5. The van der Waals surface area contributed by atoms with E-state index < -0.39 is 29.2 Å². The zero-order chi connectivity index (χ0) is 29.2. The van der Waals surface area contributed by atoms with Gasteiger partial charge in [-0.25, -0.2) is 4.39 Å². The van der Waals surface area contributed by atoms with E-state index in [0.717, 1.165) is 23.2 Å². The lowest BCUT2D eigenvalue weighted by atomic mass is 9.64. The van der Waals surface area contributed by atoms with Crippen LogP contribution in [-0.4, -0.2) is 29.4 Å². The third-order valence-corrected chi connectivity index (χ3v) is 9.09. The number of carbonyl (C=O) groups excluding carboxylic acids is 3. The molecule has 1 aliphatic carbocycles. The first-order valence-electron chi connectivity index (χ1n) is 14.4. The van der Waals surface area contributed by atoms with Crippen LogP contribution in [0.15, 0.2) is 103 Å². The van der Waals surface area contributed by atoms with Crippen molar-refractivity contribution in [3.63, 3.8) is 0 Å². The van der Waals surface area contributed by atoms with Crippen LogP contribution in [0, 0.1) is 17.2 Å². The van der Waals surface area contributed by atoms with Crippen molar-refractivity contribution < 1.29 is 18.8 Å². The van der Waals surface area contributed by atoms with E-state index >= 15 is 0 Å². The molecule has 0 unspecified atom stereocenters. The van der Waals surface area contributed by atoms with Gasteiger partial charge in [0.05, 0.1) is 6.04 Å². The zero-order valence-electron chi connectivity index (χ0n) is 23.5. The van der Waals surface area contributed by atoms with Gasteiger partial charge in [0.1, 0.15) is 17.3 Å². The fourth-order valence-electron chi connectivity index (χ4n) is 7.41. The molecule has 4 aromatic rings. The molecule has 4 nitrogen and oxygen atoms in total. The van der Waals surface area contributed by atoms with E-state index in [-0.39, 0.29) is 17.3 Å². The average molecular weight is 556 g/mol. The molecular weight excluding hydrogens is 525 g/mol. The molecule has 42 heavy (non-hydrogen) atoms. The summed E-state index contributed by atoms with van der Waals surface area (Å²) in [5.41, 5.74) is 3.08. The molecule has 0 radical (unpaired) electrons. The molecule has 1 fully saturated rings. The fourth-order valence-corrected chi connectivity index (χ4v) is 7.41. The first-order valence-corrected chi connectivity index (χ1v) is 14.4. The molecule has 5 heteroatoms. The highest BCUT2D eigenvalue weighted by atomic mass is 19.1. The molecule has 2 aliphatic heterocycles. The highest BCUT2D eigenvalue weighted by Gasteiger charge is 2.71. The van der Waals surface area contributed by atoms with Crippen LogP contribution >= 0.6 is 0 Å². The Kier molecular flexibility index (Phi) is 6.09. The van der Waals surface area contributed by atoms with Gasteiger partial charge in [0.25, 0.3) is 0 Å². The zero-order valence-corrected chi connectivity index (χ0v) is 23.5. The fraction of sp³-hybridized carbons (Fsp3) is 0.216. The lowest BCUT2D eigenvalue weighted by molar-refractivity contribution is 0.0666. The summed E-state index contributed by atoms with van der Waals surface area (Å²) in [6, 6.07) is 26.6. The predicted octanol–water partition coefficient (Wildman–Crippen LogP) is 7.34. The maximum Gasteiger partial charge on any atom is 0.185 e. The maximum atomic E-state index is 14.8. The van der Waals surface area contributed by atoms with Crippen molar-refractivity contribution in [3.05, 3.63) is 142 Å². The Labute approximate surface area is 244 Å². The molecule has 0 saturated carbocycles. The number of rotatable bonds is 5. The van der Waals surface area contributed by atoms with Crippen molar-refractivity contribution in [1.82, 2.24) is 0 Å². The summed E-state index contributed by atoms with van der Waals surface area (Å²) in [4.78, 5) is 46.0. The van der Waals surface area contributed by atoms with Crippen LogP contribution in [0.25, 0.3) is 6.08 Å². The van der Waals surface area contributed by atoms with Crippen LogP contribution in [0.5, 0.6) is 0 Å². The number of halogens is 1. The Balaban J connectivity index is 1.48. The number of fused-ring (bicyclic) bond motifs is 5. The summed E-state index contributed by atoms with van der Waals surface area (Å²) in [6.07, 6.45) is 4.74. The van der Waals surface area contributed by atoms with Crippen LogP contribution in [0.2, 0.25) is 0 Å². The van der Waals surface area contributed by atoms with Crippen LogP contribution in [-0.2, 0) is 6.42 Å². The average Bonchev–Trinajstić information content (AvgIpc) is 3.43. The van der Waals surface area contributed by atoms with E-state index in [2.05, 4.69) is 13.8 Å². The summed E-state index contributed by atoms with van der Waals surface area (Å²) in [5.74, 6) is -1.57. The number of hydrogen-bond acceptors (Lipinski definition) is 4. The predicted molar refractivity (Wildman–Crippen MR) is 162 cm³/mol. The second-order valence-electron chi connectivity index (χ2n) is 12.0. The number of para-hydroxylation sites is 1. The highest BCUT2D eigenvalue weighted by Crippen LogP contribution is 2.60. The van der Waals surface area contributed by atoms with E-state index in [1.807, 2.05) is 65.6 Å². The Hall–Kier alpha value is -4.64. The quantitative estimate of drug-likeness (QED) is 0.191.